The fourth-order valence-electron chi connectivity index (χ4n) is 4.01. The molecule has 2 amide bonds. The molecule has 4 rings (SSSR count). The normalized spacial score (nSPS) is 17.4. The fourth-order valence-corrected chi connectivity index (χ4v) is 4.01. The van der Waals surface area contributed by atoms with Gasteiger partial charge in [-0.15, -0.1) is 0 Å². The molecule has 0 bridgehead atoms. The summed E-state index contributed by atoms with van der Waals surface area (Å²) in [7, 11) is 1.58. The van der Waals surface area contributed by atoms with Gasteiger partial charge in [0.05, 0.1) is 24.8 Å². The van der Waals surface area contributed by atoms with Crippen molar-refractivity contribution in [3.8, 4) is 5.75 Å². The van der Waals surface area contributed by atoms with Crippen molar-refractivity contribution in [1.29, 1.82) is 0 Å². The molecule has 3 aromatic carbocycles. The number of methoxy groups -OCH3 is 1. The lowest BCUT2D eigenvalue weighted by atomic mass is 9.99. The third-order valence-corrected chi connectivity index (χ3v) is 5.52. The highest BCUT2D eigenvalue weighted by atomic mass is 16.5. The molecule has 0 spiro atoms. The molecule has 1 saturated heterocycles. The Morgan fingerprint density at radius 3 is 2.62 bits per heavy atom. The number of ether oxygens (including phenoxy) is 1. The van der Waals surface area contributed by atoms with Gasteiger partial charge in [-0.2, -0.15) is 0 Å². The number of hydrogen-bond acceptors (Lipinski definition) is 3. The summed E-state index contributed by atoms with van der Waals surface area (Å²) in [5, 5.41) is 5.37. The molecule has 1 fully saturated rings. The molecule has 1 aliphatic heterocycles. The van der Waals surface area contributed by atoms with E-state index < -0.39 is 0 Å². The minimum Gasteiger partial charge on any atom is -0.495 e. The summed E-state index contributed by atoms with van der Waals surface area (Å²) >= 11 is 0. The van der Waals surface area contributed by atoms with Crippen molar-refractivity contribution in [2.75, 3.05) is 18.6 Å². The highest BCUT2D eigenvalue weighted by Gasteiger charge is 2.36. The molecule has 3 aromatic rings. The monoisotopic (exact) mass is 388 g/mol. The van der Waals surface area contributed by atoms with Gasteiger partial charge >= 0.3 is 0 Å². The number of fused-ring (bicyclic) bond motifs is 1. The fraction of sp³-hybridized carbons (Fsp3) is 0.250. The molecular formula is C24H24N2O3. The summed E-state index contributed by atoms with van der Waals surface area (Å²) < 4.78 is 5.37. The first-order chi connectivity index (χ1) is 14.1. The molecule has 5 nitrogen and oxygen atoms in total. The summed E-state index contributed by atoms with van der Waals surface area (Å²) in [5.74, 6) is 0.0829. The Labute approximate surface area is 170 Å². The third-order valence-electron chi connectivity index (χ3n) is 5.52. The third kappa shape index (κ3) is 3.68. The average molecular weight is 388 g/mol. The molecule has 1 aliphatic rings. The lowest BCUT2D eigenvalue weighted by molar-refractivity contribution is -0.126. The first-order valence-corrected chi connectivity index (χ1v) is 9.80. The van der Waals surface area contributed by atoms with E-state index in [9.17, 15) is 9.59 Å². The Hall–Kier alpha value is -3.34. The van der Waals surface area contributed by atoms with Crippen LogP contribution in [0.3, 0.4) is 0 Å². The van der Waals surface area contributed by atoms with Gasteiger partial charge in [-0.1, -0.05) is 54.6 Å². The molecule has 2 unspecified atom stereocenters. The summed E-state index contributed by atoms with van der Waals surface area (Å²) in [6, 6.07) is 21.5. The van der Waals surface area contributed by atoms with Gasteiger partial charge in [0, 0.05) is 13.0 Å². The maximum Gasteiger partial charge on any atom is 0.227 e. The summed E-state index contributed by atoms with van der Waals surface area (Å²) in [6.45, 7) is 2.34. The van der Waals surface area contributed by atoms with Crippen LogP contribution in [-0.2, 0) is 9.59 Å². The molecule has 1 heterocycles. The van der Waals surface area contributed by atoms with Gasteiger partial charge in [-0.05, 0) is 35.4 Å². The Balaban J connectivity index is 1.50. The van der Waals surface area contributed by atoms with Crippen molar-refractivity contribution >= 4 is 28.3 Å². The zero-order valence-electron chi connectivity index (χ0n) is 16.6. The quantitative estimate of drug-likeness (QED) is 0.717. The molecule has 0 radical (unpaired) electrons. The van der Waals surface area contributed by atoms with Gasteiger partial charge in [0.25, 0.3) is 0 Å². The number of rotatable bonds is 5. The van der Waals surface area contributed by atoms with Gasteiger partial charge in [0.2, 0.25) is 11.8 Å². The Kier molecular flexibility index (Phi) is 5.21. The maximum atomic E-state index is 12.9. The maximum absolute atomic E-state index is 12.9. The van der Waals surface area contributed by atoms with Crippen molar-refractivity contribution < 1.29 is 14.3 Å². The molecule has 2 atom stereocenters. The van der Waals surface area contributed by atoms with E-state index in [1.165, 1.54) is 0 Å². The molecule has 1 N–H and O–H groups in total. The molecule has 0 aliphatic carbocycles. The van der Waals surface area contributed by atoms with Crippen molar-refractivity contribution in [2.45, 2.75) is 19.4 Å². The van der Waals surface area contributed by atoms with E-state index in [2.05, 4.69) is 23.5 Å². The predicted molar refractivity (Wildman–Crippen MR) is 114 cm³/mol. The van der Waals surface area contributed by atoms with Gasteiger partial charge in [-0.25, -0.2) is 0 Å². The van der Waals surface area contributed by atoms with Crippen molar-refractivity contribution in [2.24, 2.45) is 5.92 Å². The van der Waals surface area contributed by atoms with Crippen molar-refractivity contribution in [3.05, 3.63) is 72.3 Å². The number of nitrogens with one attached hydrogen (secondary N) is 1. The molecule has 148 valence electrons. The number of anilines is 1. The van der Waals surface area contributed by atoms with E-state index in [0.717, 1.165) is 16.3 Å². The standard InChI is InChI=1S/C24H24N2O3/c1-16(19-11-7-9-17-8-3-4-10-20(17)19)25-24(28)18-14-23(27)26(15-18)21-12-5-6-13-22(21)29-2/h3-13,16,18H,14-15H2,1-2H3,(H,25,28). The van der Waals surface area contributed by atoms with Gasteiger partial charge < -0.3 is 15.0 Å². The zero-order chi connectivity index (χ0) is 20.4. The number of benzene rings is 3. The summed E-state index contributed by atoms with van der Waals surface area (Å²) in [4.78, 5) is 27.1. The van der Waals surface area contributed by atoms with E-state index >= 15 is 0 Å². The topological polar surface area (TPSA) is 58.6 Å². The highest BCUT2D eigenvalue weighted by molar-refractivity contribution is 6.01. The van der Waals surface area contributed by atoms with Crippen molar-refractivity contribution in [3.63, 3.8) is 0 Å². The van der Waals surface area contributed by atoms with Crippen LogP contribution in [-0.4, -0.2) is 25.5 Å². The molecule has 5 heteroatoms. The average Bonchev–Trinajstić information content (AvgIpc) is 3.14. The van der Waals surface area contributed by atoms with Gasteiger partial charge in [0.1, 0.15) is 5.75 Å². The van der Waals surface area contributed by atoms with Gasteiger partial charge in [-0.3, -0.25) is 9.59 Å². The van der Waals surface area contributed by atoms with Crippen molar-refractivity contribution in [1.82, 2.24) is 5.32 Å². The van der Waals surface area contributed by atoms with Crippen LogP contribution in [0.4, 0.5) is 5.69 Å². The van der Waals surface area contributed by atoms with E-state index in [0.29, 0.717) is 18.0 Å². The second kappa shape index (κ2) is 7.95. The van der Waals surface area contributed by atoms with E-state index in [1.54, 1.807) is 12.0 Å². The largest absolute Gasteiger partial charge is 0.495 e. The number of hydrogen-bond donors (Lipinski definition) is 1. The highest BCUT2D eigenvalue weighted by Crippen LogP contribution is 2.33. The van der Waals surface area contributed by atoms with E-state index in [4.69, 9.17) is 4.74 Å². The van der Waals surface area contributed by atoms with E-state index in [-0.39, 0.29) is 30.2 Å². The Morgan fingerprint density at radius 1 is 1.07 bits per heavy atom. The van der Waals surface area contributed by atoms with Crippen LogP contribution in [0.1, 0.15) is 24.9 Å². The zero-order valence-corrected chi connectivity index (χ0v) is 16.6. The summed E-state index contributed by atoms with van der Waals surface area (Å²) in [6.07, 6.45) is 0.201. The number of carbonyl (C=O) groups is 2. The number of amides is 2. The van der Waals surface area contributed by atoms with Crippen LogP contribution in [0, 0.1) is 5.92 Å². The van der Waals surface area contributed by atoms with Crippen LogP contribution >= 0.6 is 0 Å². The SMILES string of the molecule is COc1ccccc1N1CC(C(=O)NC(C)c2cccc3ccccc23)CC1=O. The summed E-state index contributed by atoms with van der Waals surface area (Å²) in [5.41, 5.74) is 1.78. The van der Waals surface area contributed by atoms with E-state index in [1.807, 2.05) is 55.5 Å². The van der Waals surface area contributed by atoms with Gasteiger partial charge in [0.15, 0.2) is 0 Å². The smallest absolute Gasteiger partial charge is 0.227 e. The first-order valence-electron chi connectivity index (χ1n) is 9.80. The van der Waals surface area contributed by atoms with Crippen LogP contribution in [0.25, 0.3) is 10.8 Å². The second-order valence-corrected chi connectivity index (χ2v) is 7.38. The molecule has 0 aromatic heterocycles. The molecular weight excluding hydrogens is 364 g/mol. The molecule has 29 heavy (non-hydrogen) atoms. The van der Waals surface area contributed by atoms with Crippen LogP contribution in [0.15, 0.2) is 66.7 Å². The second-order valence-electron chi connectivity index (χ2n) is 7.38. The lowest BCUT2D eigenvalue weighted by Gasteiger charge is -2.21. The minimum atomic E-state index is -0.384. The van der Waals surface area contributed by atoms with Crippen LogP contribution in [0.5, 0.6) is 5.75 Å². The number of carbonyl (C=O) groups excluding carboxylic acids is 2. The number of para-hydroxylation sites is 2. The lowest BCUT2D eigenvalue weighted by Crippen LogP contribution is -2.34. The van der Waals surface area contributed by atoms with Crippen LogP contribution < -0.4 is 15.0 Å². The Morgan fingerprint density at radius 2 is 1.79 bits per heavy atom. The minimum absolute atomic E-state index is 0.0625. The Bertz CT molecular complexity index is 1060. The first kappa shape index (κ1) is 19.0. The van der Waals surface area contributed by atoms with Crippen LogP contribution in [0.2, 0.25) is 0 Å². The molecule has 0 saturated carbocycles. The predicted octanol–water partition coefficient (Wildman–Crippen LogP) is 4.08. The number of nitrogens with zero attached hydrogens (tertiary/aromatic N) is 1.